The van der Waals surface area contributed by atoms with Crippen molar-refractivity contribution in [3.8, 4) is 0 Å². The number of aliphatic hydroxyl groups is 1. The Morgan fingerprint density at radius 3 is 2.91 bits per heavy atom. The summed E-state index contributed by atoms with van der Waals surface area (Å²) >= 11 is 5.93. The second-order valence-electron chi connectivity index (χ2n) is 5.77. The van der Waals surface area contributed by atoms with Crippen molar-refractivity contribution < 1.29 is 14.3 Å². The van der Waals surface area contributed by atoms with Gasteiger partial charge in [0.1, 0.15) is 5.82 Å². The first-order valence-electron chi connectivity index (χ1n) is 7.69. The van der Waals surface area contributed by atoms with E-state index in [4.69, 9.17) is 11.6 Å². The third kappa shape index (κ3) is 5.14. The Hall–Kier alpha value is -1.33. The zero-order valence-electron chi connectivity index (χ0n) is 12.4. The number of hydrogen-bond donors (Lipinski definition) is 3. The lowest BCUT2D eigenvalue weighted by Crippen LogP contribution is -2.40. The third-order valence-corrected chi connectivity index (χ3v) is 4.38. The Kier molecular flexibility index (Phi) is 6.46. The summed E-state index contributed by atoms with van der Waals surface area (Å²) in [6, 6.07) is 4.27. The van der Waals surface area contributed by atoms with Gasteiger partial charge in [0.15, 0.2) is 0 Å². The molecule has 0 heterocycles. The molecule has 1 aromatic rings. The minimum Gasteiger partial charge on any atom is -0.393 e. The van der Waals surface area contributed by atoms with Crippen molar-refractivity contribution in [3.05, 3.63) is 34.6 Å². The van der Waals surface area contributed by atoms with Gasteiger partial charge in [0.2, 0.25) is 0 Å². The molecule has 6 heteroatoms. The van der Waals surface area contributed by atoms with Crippen molar-refractivity contribution >= 4 is 17.6 Å². The number of nitrogens with one attached hydrogen (secondary N) is 2. The number of amides is 2. The molecule has 1 saturated carbocycles. The van der Waals surface area contributed by atoms with Crippen molar-refractivity contribution in [1.82, 2.24) is 10.6 Å². The van der Waals surface area contributed by atoms with E-state index in [1.165, 1.54) is 6.07 Å². The largest absolute Gasteiger partial charge is 0.393 e. The summed E-state index contributed by atoms with van der Waals surface area (Å²) in [5, 5.41) is 15.5. The molecule has 122 valence electrons. The van der Waals surface area contributed by atoms with Crippen LogP contribution in [0, 0.1) is 11.7 Å². The van der Waals surface area contributed by atoms with E-state index in [1.54, 1.807) is 12.1 Å². The lowest BCUT2D eigenvalue weighted by atomic mass is 9.87. The Bertz CT molecular complexity index is 493. The van der Waals surface area contributed by atoms with Gasteiger partial charge in [-0.2, -0.15) is 0 Å². The second-order valence-corrected chi connectivity index (χ2v) is 6.18. The molecule has 0 radical (unpaired) electrons. The fraction of sp³-hybridized carbons (Fsp3) is 0.562. The van der Waals surface area contributed by atoms with Gasteiger partial charge in [-0.05, 0) is 43.7 Å². The SMILES string of the molecule is O=C(NCCc1c(F)cccc1Cl)NC[C@H]1CCC[C@@H](O)C1. The highest BCUT2D eigenvalue weighted by atomic mass is 35.5. The predicted molar refractivity (Wildman–Crippen MR) is 84.5 cm³/mol. The predicted octanol–water partition coefficient (Wildman–Crippen LogP) is 2.87. The van der Waals surface area contributed by atoms with Crippen LogP contribution in [0.1, 0.15) is 31.2 Å². The van der Waals surface area contributed by atoms with Gasteiger partial charge in [0.25, 0.3) is 0 Å². The average molecular weight is 329 g/mol. The first-order chi connectivity index (χ1) is 10.6. The van der Waals surface area contributed by atoms with Gasteiger partial charge in [0, 0.05) is 23.7 Å². The Morgan fingerprint density at radius 1 is 1.36 bits per heavy atom. The molecule has 2 atom stereocenters. The van der Waals surface area contributed by atoms with Crippen molar-refractivity contribution in [2.75, 3.05) is 13.1 Å². The lowest BCUT2D eigenvalue weighted by Gasteiger charge is -2.25. The van der Waals surface area contributed by atoms with Crippen molar-refractivity contribution in [3.63, 3.8) is 0 Å². The number of halogens is 2. The molecule has 0 unspecified atom stereocenters. The molecule has 0 spiro atoms. The lowest BCUT2D eigenvalue weighted by molar-refractivity contribution is 0.101. The highest BCUT2D eigenvalue weighted by Gasteiger charge is 2.20. The van der Waals surface area contributed by atoms with E-state index >= 15 is 0 Å². The Morgan fingerprint density at radius 2 is 2.18 bits per heavy atom. The summed E-state index contributed by atoms with van der Waals surface area (Å²) in [5.41, 5.74) is 0.417. The van der Waals surface area contributed by atoms with Crippen LogP contribution in [0.5, 0.6) is 0 Å². The number of urea groups is 1. The van der Waals surface area contributed by atoms with Gasteiger partial charge in [-0.3, -0.25) is 0 Å². The van der Waals surface area contributed by atoms with E-state index in [-0.39, 0.29) is 18.0 Å². The van der Waals surface area contributed by atoms with E-state index in [9.17, 15) is 14.3 Å². The summed E-state index contributed by atoms with van der Waals surface area (Å²) in [6.45, 7) is 0.878. The van der Waals surface area contributed by atoms with E-state index in [0.717, 1.165) is 25.7 Å². The van der Waals surface area contributed by atoms with Crippen LogP contribution in [-0.4, -0.2) is 30.3 Å². The van der Waals surface area contributed by atoms with Crippen molar-refractivity contribution in [2.24, 2.45) is 5.92 Å². The topological polar surface area (TPSA) is 61.4 Å². The molecule has 0 bridgehead atoms. The van der Waals surface area contributed by atoms with Crippen LogP contribution in [0.2, 0.25) is 5.02 Å². The smallest absolute Gasteiger partial charge is 0.314 e. The van der Waals surface area contributed by atoms with Crippen molar-refractivity contribution in [2.45, 2.75) is 38.2 Å². The molecular formula is C16H22ClFN2O2. The van der Waals surface area contributed by atoms with E-state index in [1.807, 2.05) is 0 Å². The van der Waals surface area contributed by atoms with Gasteiger partial charge in [0.05, 0.1) is 6.10 Å². The Labute approximate surface area is 135 Å². The molecule has 4 nitrogen and oxygen atoms in total. The van der Waals surface area contributed by atoms with E-state index < -0.39 is 0 Å². The molecular weight excluding hydrogens is 307 g/mol. The van der Waals surface area contributed by atoms with Crippen LogP contribution >= 0.6 is 11.6 Å². The molecule has 2 rings (SSSR count). The molecule has 0 aromatic heterocycles. The van der Waals surface area contributed by atoms with E-state index in [0.29, 0.717) is 36.0 Å². The first-order valence-corrected chi connectivity index (χ1v) is 8.06. The van der Waals surface area contributed by atoms with Crippen LogP contribution in [-0.2, 0) is 6.42 Å². The molecule has 22 heavy (non-hydrogen) atoms. The summed E-state index contributed by atoms with van der Waals surface area (Å²) in [4.78, 5) is 11.7. The molecule has 1 fully saturated rings. The maximum atomic E-state index is 13.6. The summed E-state index contributed by atoms with van der Waals surface area (Å²) in [7, 11) is 0. The monoisotopic (exact) mass is 328 g/mol. The summed E-state index contributed by atoms with van der Waals surface area (Å²) in [6.07, 6.45) is 3.73. The Balaban J connectivity index is 1.67. The molecule has 1 aromatic carbocycles. The summed E-state index contributed by atoms with van der Waals surface area (Å²) < 4.78 is 13.6. The van der Waals surface area contributed by atoms with Crippen LogP contribution in [0.15, 0.2) is 18.2 Å². The number of carbonyl (C=O) groups excluding carboxylic acids is 1. The summed E-state index contributed by atoms with van der Waals surface area (Å²) in [5.74, 6) is -0.0265. The van der Waals surface area contributed by atoms with Gasteiger partial charge in [-0.1, -0.05) is 24.1 Å². The highest BCUT2D eigenvalue weighted by Crippen LogP contribution is 2.23. The maximum Gasteiger partial charge on any atom is 0.314 e. The first kappa shape index (κ1) is 17.0. The maximum absolute atomic E-state index is 13.6. The molecule has 1 aliphatic rings. The highest BCUT2D eigenvalue weighted by molar-refractivity contribution is 6.31. The zero-order valence-corrected chi connectivity index (χ0v) is 13.2. The average Bonchev–Trinajstić information content (AvgIpc) is 2.48. The number of aliphatic hydroxyl groups excluding tert-OH is 1. The molecule has 0 saturated heterocycles. The normalized spacial score (nSPS) is 21.4. The van der Waals surface area contributed by atoms with E-state index in [2.05, 4.69) is 10.6 Å². The molecule has 0 aliphatic heterocycles. The molecule has 1 aliphatic carbocycles. The van der Waals surface area contributed by atoms with Crippen LogP contribution in [0.4, 0.5) is 9.18 Å². The van der Waals surface area contributed by atoms with Crippen molar-refractivity contribution in [1.29, 1.82) is 0 Å². The van der Waals surface area contributed by atoms with Gasteiger partial charge >= 0.3 is 6.03 Å². The quantitative estimate of drug-likeness (QED) is 0.778. The number of benzene rings is 1. The standard InChI is InChI=1S/C16H22ClFN2O2/c17-14-5-2-6-15(18)13(14)7-8-19-16(22)20-10-11-3-1-4-12(21)9-11/h2,5-6,11-12,21H,1,3-4,7-10H2,(H2,19,20,22)/t11-,12+/m0/s1. The van der Waals surface area contributed by atoms with Gasteiger partial charge in [-0.25, -0.2) is 9.18 Å². The van der Waals surface area contributed by atoms with Crippen LogP contribution in [0.25, 0.3) is 0 Å². The second kappa shape index (κ2) is 8.34. The van der Waals surface area contributed by atoms with Gasteiger partial charge < -0.3 is 15.7 Å². The third-order valence-electron chi connectivity index (χ3n) is 4.03. The minimum absolute atomic E-state index is 0.244. The van der Waals surface area contributed by atoms with Crippen LogP contribution < -0.4 is 10.6 Å². The minimum atomic E-state index is -0.356. The number of hydrogen-bond acceptors (Lipinski definition) is 2. The number of carbonyl (C=O) groups is 1. The van der Waals surface area contributed by atoms with Gasteiger partial charge in [-0.15, -0.1) is 0 Å². The molecule has 3 N–H and O–H groups in total. The number of rotatable bonds is 5. The molecule has 2 amide bonds. The zero-order chi connectivity index (χ0) is 15.9. The fourth-order valence-electron chi connectivity index (χ4n) is 2.82. The fourth-order valence-corrected chi connectivity index (χ4v) is 3.08. The van der Waals surface area contributed by atoms with Crippen LogP contribution in [0.3, 0.4) is 0 Å².